The van der Waals surface area contributed by atoms with E-state index in [-0.39, 0.29) is 5.41 Å². The second-order valence-corrected chi connectivity index (χ2v) is 18.7. The number of hydrogen-bond acceptors (Lipinski definition) is 6. The number of aromatic nitrogens is 7. The predicted molar refractivity (Wildman–Crippen MR) is 288 cm³/mol. The molecule has 1 aliphatic rings. The number of aryl methyl sites for hydroxylation is 1. The summed E-state index contributed by atoms with van der Waals surface area (Å²) in [6, 6.07) is 76.0. The summed E-state index contributed by atoms with van der Waals surface area (Å²) in [5, 5.41) is 2.51. The van der Waals surface area contributed by atoms with Gasteiger partial charge in [-0.25, -0.2) is 29.9 Å². The Balaban J connectivity index is 0.958. The lowest BCUT2D eigenvalue weighted by Gasteiger charge is -2.23. The van der Waals surface area contributed by atoms with Crippen LogP contribution in [0.2, 0.25) is 0 Å². The lowest BCUT2D eigenvalue weighted by atomic mass is 9.79. The van der Waals surface area contributed by atoms with Gasteiger partial charge in [-0.15, -0.1) is 0 Å². The van der Waals surface area contributed by atoms with E-state index in [0.717, 1.165) is 50.1 Å². The summed E-state index contributed by atoms with van der Waals surface area (Å²) in [7, 11) is 2.23. The van der Waals surface area contributed by atoms with Crippen LogP contribution < -0.4 is 0 Å². The van der Waals surface area contributed by atoms with Gasteiger partial charge in [0.1, 0.15) is 0 Å². The van der Waals surface area contributed by atoms with Crippen LogP contribution in [0.5, 0.6) is 0 Å². The smallest absolute Gasteiger partial charge is 0.164 e. The molecule has 0 N–H and O–H groups in total. The molecule has 0 saturated carbocycles. The summed E-state index contributed by atoms with van der Waals surface area (Å²) in [5.74, 6) is 3.82. The SMILES string of the molecule is Cn1c2c(-c3ccc(-c4nc(-c5ccccc5)nc(-c5ccccc5)n4)cc3)cccc2c2c3c(cc(-c4ccc(-c5nc(-c6ccccc6)nc(-c6ccccc6)n5)cc4)c21)-c1ccccc1C3(C)C. The molecule has 13 rings (SSSR count). The quantitative estimate of drug-likeness (QED) is 0.151. The summed E-state index contributed by atoms with van der Waals surface area (Å²) in [5.41, 5.74) is 17.6. The second-order valence-electron chi connectivity index (χ2n) is 18.7. The average molecular weight is 912 g/mol. The minimum absolute atomic E-state index is 0.230. The zero-order chi connectivity index (χ0) is 47.6. The van der Waals surface area contributed by atoms with Crippen molar-refractivity contribution in [1.82, 2.24) is 34.5 Å². The molecule has 12 aromatic rings. The molecular weight excluding hydrogens is 867 g/mol. The van der Waals surface area contributed by atoms with Crippen LogP contribution in [-0.4, -0.2) is 34.5 Å². The van der Waals surface area contributed by atoms with E-state index in [0.29, 0.717) is 34.9 Å². The van der Waals surface area contributed by atoms with Crippen molar-refractivity contribution < 1.29 is 0 Å². The Morgan fingerprint density at radius 2 is 0.662 bits per heavy atom. The summed E-state index contributed by atoms with van der Waals surface area (Å²) >= 11 is 0. The van der Waals surface area contributed by atoms with Crippen molar-refractivity contribution in [3.8, 4) is 102 Å². The molecular formula is C64H45N7. The Hall–Kier alpha value is -9.20. The Labute approximate surface area is 411 Å². The standard InChI is InChI=1S/C64H45N7/c1-64(2)53-30-17-16-27-49(53)52-39-51(41-33-37-47(38-34-41)63-69-60(44-23-12-6-13-24-44)66-61(70-63)45-25-14-7-15-26-45)57-54(55(52)64)50-29-18-28-48(56(50)71(57)3)40-31-35-46(36-32-40)62-67-58(42-19-8-4-9-20-42)65-59(68-62)43-21-10-5-11-22-43/h4-39H,1-3H3. The van der Waals surface area contributed by atoms with Crippen molar-refractivity contribution in [1.29, 1.82) is 0 Å². The molecule has 3 heterocycles. The first-order valence-electron chi connectivity index (χ1n) is 24.0. The van der Waals surface area contributed by atoms with Crippen molar-refractivity contribution in [3.05, 3.63) is 230 Å². The topological polar surface area (TPSA) is 82.3 Å². The molecule has 7 nitrogen and oxygen atoms in total. The van der Waals surface area contributed by atoms with Gasteiger partial charge in [-0.3, -0.25) is 0 Å². The third-order valence-electron chi connectivity index (χ3n) is 14.1. The number of rotatable bonds is 8. The maximum Gasteiger partial charge on any atom is 0.164 e. The Kier molecular flexibility index (Phi) is 9.92. The summed E-state index contributed by atoms with van der Waals surface area (Å²) in [4.78, 5) is 30.0. The minimum Gasteiger partial charge on any atom is -0.343 e. The molecule has 9 aromatic carbocycles. The van der Waals surface area contributed by atoms with Gasteiger partial charge in [0, 0.05) is 67.7 Å². The van der Waals surface area contributed by atoms with Crippen molar-refractivity contribution in [2.45, 2.75) is 19.3 Å². The third-order valence-corrected chi connectivity index (χ3v) is 14.1. The van der Waals surface area contributed by atoms with Crippen LogP contribution in [0, 0.1) is 0 Å². The first-order chi connectivity index (χ1) is 34.9. The van der Waals surface area contributed by atoms with Crippen LogP contribution in [0.3, 0.4) is 0 Å². The van der Waals surface area contributed by atoms with Crippen LogP contribution >= 0.6 is 0 Å². The van der Waals surface area contributed by atoms with Gasteiger partial charge in [-0.1, -0.05) is 226 Å². The minimum atomic E-state index is -0.230. The van der Waals surface area contributed by atoms with E-state index in [2.05, 4.69) is 123 Å². The van der Waals surface area contributed by atoms with Gasteiger partial charge < -0.3 is 4.57 Å². The average Bonchev–Trinajstić information content (AvgIpc) is 3.87. The molecule has 7 heteroatoms. The number of fused-ring (bicyclic) bond motifs is 7. The highest BCUT2D eigenvalue weighted by molar-refractivity contribution is 6.20. The van der Waals surface area contributed by atoms with Gasteiger partial charge in [0.15, 0.2) is 34.9 Å². The van der Waals surface area contributed by atoms with E-state index in [4.69, 9.17) is 29.9 Å². The molecule has 0 fully saturated rings. The maximum absolute atomic E-state index is 5.04. The fourth-order valence-corrected chi connectivity index (χ4v) is 10.7. The Morgan fingerprint density at radius 1 is 0.310 bits per heavy atom. The maximum atomic E-state index is 5.04. The molecule has 0 spiro atoms. The third kappa shape index (κ3) is 7.12. The Bertz CT molecular complexity index is 3860. The highest BCUT2D eigenvalue weighted by Crippen LogP contribution is 2.55. The van der Waals surface area contributed by atoms with E-state index in [1.165, 1.54) is 49.6 Å². The van der Waals surface area contributed by atoms with Crippen molar-refractivity contribution in [2.24, 2.45) is 7.05 Å². The normalized spacial score (nSPS) is 12.5. The molecule has 1 aliphatic carbocycles. The molecule has 0 aliphatic heterocycles. The van der Waals surface area contributed by atoms with E-state index in [1.54, 1.807) is 0 Å². The van der Waals surface area contributed by atoms with Crippen LogP contribution in [0.4, 0.5) is 0 Å². The molecule has 0 radical (unpaired) electrons. The molecule has 0 atom stereocenters. The fourth-order valence-electron chi connectivity index (χ4n) is 10.7. The fraction of sp³-hybridized carbons (Fsp3) is 0.0625. The molecule has 0 unspecified atom stereocenters. The molecule has 0 saturated heterocycles. The van der Waals surface area contributed by atoms with Crippen molar-refractivity contribution in [2.75, 3.05) is 0 Å². The van der Waals surface area contributed by atoms with Crippen LogP contribution in [-0.2, 0) is 12.5 Å². The van der Waals surface area contributed by atoms with Gasteiger partial charge in [-0.2, -0.15) is 0 Å². The zero-order valence-corrected chi connectivity index (χ0v) is 39.4. The van der Waals surface area contributed by atoms with Gasteiger partial charge in [0.25, 0.3) is 0 Å². The van der Waals surface area contributed by atoms with E-state index in [9.17, 15) is 0 Å². The van der Waals surface area contributed by atoms with Crippen molar-refractivity contribution >= 4 is 21.8 Å². The largest absolute Gasteiger partial charge is 0.343 e. The van der Waals surface area contributed by atoms with E-state index in [1.807, 2.05) is 121 Å². The van der Waals surface area contributed by atoms with Crippen LogP contribution in [0.1, 0.15) is 25.0 Å². The Morgan fingerprint density at radius 3 is 1.10 bits per heavy atom. The predicted octanol–water partition coefficient (Wildman–Crippen LogP) is 15.3. The molecule has 71 heavy (non-hydrogen) atoms. The van der Waals surface area contributed by atoms with Gasteiger partial charge >= 0.3 is 0 Å². The number of nitrogens with zero attached hydrogens (tertiary/aromatic N) is 7. The first kappa shape index (κ1) is 41.9. The van der Waals surface area contributed by atoms with Gasteiger partial charge in [0.05, 0.1) is 11.0 Å². The zero-order valence-electron chi connectivity index (χ0n) is 39.4. The lowest BCUT2D eigenvalue weighted by Crippen LogP contribution is -2.15. The van der Waals surface area contributed by atoms with E-state index >= 15 is 0 Å². The summed E-state index contributed by atoms with van der Waals surface area (Å²) in [6.07, 6.45) is 0. The monoisotopic (exact) mass is 911 g/mol. The van der Waals surface area contributed by atoms with Gasteiger partial charge in [0.2, 0.25) is 0 Å². The highest BCUT2D eigenvalue weighted by Gasteiger charge is 2.39. The number of benzene rings is 9. The number of hydrogen-bond donors (Lipinski definition) is 0. The van der Waals surface area contributed by atoms with E-state index < -0.39 is 0 Å². The molecule has 0 bridgehead atoms. The second kappa shape index (κ2) is 16.8. The molecule has 3 aromatic heterocycles. The highest BCUT2D eigenvalue weighted by atomic mass is 15.0. The van der Waals surface area contributed by atoms with Gasteiger partial charge in [-0.05, 0) is 39.4 Å². The summed E-state index contributed by atoms with van der Waals surface area (Å²) < 4.78 is 2.42. The number of para-hydroxylation sites is 1. The lowest BCUT2D eigenvalue weighted by molar-refractivity contribution is 0.666. The molecule has 336 valence electrons. The van der Waals surface area contributed by atoms with Crippen molar-refractivity contribution in [3.63, 3.8) is 0 Å². The first-order valence-corrected chi connectivity index (χ1v) is 24.0. The molecule has 0 amide bonds. The summed E-state index contributed by atoms with van der Waals surface area (Å²) in [6.45, 7) is 4.76. The van der Waals surface area contributed by atoms with Crippen LogP contribution in [0.25, 0.3) is 124 Å². The van der Waals surface area contributed by atoms with Crippen LogP contribution in [0.15, 0.2) is 218 Å².